The summed E-state index contributed by atoms with van der Waals surface area (Å²) >= 11 is 2.14. The minimum absolute atomic E-state index is 0.219. The van der Waals surface area contributed by atoms with Crippen molar-refractivity contribution < 1.29 is 5.11 Å². The lowest BCUT2D eigenvalue weighted by Crippen LogP contribution is -2.00. The lowest BCUT2D eigenvalue weighted by molar-refractivity contribution is 0.208. The molecule has 0 fully saturated rings. The molecule has 0 aromatic heterocycles. The number of hydrogen-bond donors (Lipinski definition) is 1. The molecule has 0 aromatic rings. The van der Waals surface area contributed by atoms with Gasteiger partial charge >= 0.3 is 0 Å². The first-order chi connectivity index (χ1) is 5.81. The van der Waals surface area contributed by atoms with Gasteiger partial charge in [0.1, 0.15) is 0 Å². The summed E-state index contributed by atoms with van der Waals surface area (Å²) in [5.41, 5.74) is 0. The van der Waals surface area contributed by atoms with Crippen LogP contribution in [0.15, 0.2) is 10.2 Å². The highest BCUT2D eigenvalue weighted by Crippen LogP contribution is 2.08. The van der Waals surface area contributed by atoms with Gasteiger partial charge in [0.15, 0.2) is 0 Å². The first kappa shape index (κ1) is 12.4. The second-order valence-corrected chi connectivity index (χ2v) is 3.81. The number of halogens is 1. The number of rotatable bonds is 7. The topological polar surface area (TPSA) is 20.2 Å². The Balaban J connectivity index is 3.08. The average molecular weight is 282 g/mol. The van der Waals surface area contributed by atoms with E-state index in [0.29, 0.717) is 0 Å². The molecule has 0 heterocycles. The van der Waals surface area contributed by atoms with Gasteiger partial charge < -0.3 is 5.11 Å². The number of hydrogen-bond acceptors (Lipinski definition) is 1. The molecule has 0 aromatic carbocycles. The maximum atomic E-state index is 9.31. The molecule has 0 radical (unpaired) electrons. The maximum absolute atomic E-state index is 9.31. The monoisotopic (exact) mass is 282 g/mol. The molecule has 1 N–H and O–H groups in total. The molecule has 0 saturated heterocycles. The number of aliphatic hydroxyl groups excluding tert-OH is 1. The Morgan fingerprint density at radius 2 is 1.92 bits per heavy atom. The van der Waals surface area contributed by atoms with Gasteiger partial charge in [-0.25, -0.2) is 0 Å². The molecule has 0 aliphatic rings. The van der Waals surface area contributed by atoms with Crippen molar-refractivity contribution in [2.45, 2.75) is 51.6 Å². The van der Waals surface area contributed by atoms with Crippen molar-refractivity contribution in [1.29, 1.82) is 0 Å². The minimum Gasteiger partial charge on any atom is -0.389 e. The van der Waals surface area contributed by atoms with Gasteiger partial charge in [-0.05, 0) is 10.5 Å². The van der Waals surface area contributed by atoms with Gasteiger partial charge in [-0.1, -0.05) is 67.7 Å². The minimum atomic E-state index is -0.219. The molecule has 0 aliphatic carbocycles. The summed E-state index contributed by atoms with van der Waals surface area (Å²) in [7, 11) is 0. The van der Waals surface area contributed by atoms with Gasteiger partial charge in [-0.3, -0.25) is 0 Å². The largest absolute Gasteiger partial charge is 0.389 e. The van der Waals surface area contributed by atoms with Gasteiger partial charge in [-0.2, -0.15) is 0 Å². The number of unbranched alkanes of at least 4 members (excludes halogenated alkanes) is 4. The Kier molecular flexibility index (Phi) is 9.86. The van der Waals surface area contributed by atoms with Crippen molar-refractivity contribution in [3.63, 3.8) is 0 Å². The highest BCUT2D eigenvalue weighted by Gasteiger charge is 1.97. The third-order valence-corrected chi connectivity index (χ3v) is 2.31. The highest BCUT2D eigenvalue weighted by atomic mass is 127. The van der Waals surface area contributed by atoms with Crippen LogP contribution in [0.5, 0.6) is 0 Å². The zero-order chi connectivity index (χ0) is 9.23. The molecule has 2 heteroatoms. The smallest absolute Gasteiger partial charge is 0.0728 e. The van der Waals surface area contributed by atoms with Gasteiger partial charge in [0, 0.05) is 0 Å². The fourth-order valence-corrected chi connectivity index (χ4v) is 1.62. The van der Waals surface area contributed by atoms with Crippen LogP contribution in [0.2, 0.25) is 0 Å². The Bertz CT molecular complexity index is 112. The Hall–Kier alpha value is 0.430. The zero-order valence-corrected chi connectivity index (χ0v) is 9.96. The number of aliphatic hydroxyl groups is 1. The van der Waals surface area contributed by atoms with Crippen LogP contribution in [0.4, 0.5) is 0 Å². The summed E-state index contributed by atoms with van der Waals surface area (Å²) < 4.78 is 1.88. The van der Waals surface area contributed by atoms with E-state index in [1.165, 1.54) is 25.7 Å². The van der Waals surface area contributed by atoms with Crippen molar-refractivity contribution in [1.82, 2.24) is 0 Å². The van der Waals surface area contributed by atoms with Gasteiger partial charge in [0.05, 0.1) is 6.10 Å². The van der Waals surface area contributed by atoms with E-state index in [1.54, 1.807) is 0 Å². The normalized spacial score (nSPS) is 13.9. The molecule has 0 rings (SSSR count). The van der Waals surface area contributed by atoms with Gasteiger partial charge in [-0.15, -0.1) is 0 Å². The summed E-state index contributed by atoms with van der Waals surface area (Å²) in [6.45, 7) is 2.22. The second kappa shape index (κ2) is 9.52. The van der Waals surface area contributed by atoms with Crippen LogP contribution >= 0.6 is 22.6 Å². The molecule has 1 atom stereocenters. The predicted octanol–water partition coefficient (Wildman–Crippen LogP) is 3.66. The van der Waals surface area contributed by atoms with Crippen LogP contribution in [0.3, 0.4) is 0 Å². The van der Waals surface area contributed by atoms with Gasteiger partial charge in [0.25, 0.3) is 0 Å². The average Bonchev–Trinajstić information content (AvgIpc) is 2.05. The van der Waals surface area contributed by atoms with Crippen LogP contribution in [-0.2, 0) is 0 Å². The molecule has 0 amide bonds. The summed E-state index contributed by atoms with van der Waals surface area (Å²) in [5, 5.41) is 9.31. The molecular weight excluding hydrogens is 263 g/mol. The molecule has 0 saturated carbocycles. The van der Waals surface area contributed by atoms with E-state index in [2.05, 4.69) is 29.5 Å². The molecule has 0 spiro atoms. The lowest BCUT2D eigenvalue weighted by Gasteiger charge is -2.03. The molecule has 0 aliphatic heterocycles. The molecule has 0 bridgehead atoms. The Morgan fingerprint density at radius 1 is 1.25 bits per heavy atom. The van der Waals surface area contributed by atoms with E-state index in [4.69, 9.17) is 0 Å². The van der Waals surface area contributed by atoms with Crippen LogP contribution in [0.1, 0.15) is 45.4 Å². The first-order valence-electron chi connectivity index (χ1n) is 4.76. The van der Waals surface area contributed by atoms with E-state index in [-0.39, 0.29) is 6.10 Å². The Morgan fingerprint density at radius 3 is 2.50 bits per heavy atom. The SMILES string of the molecule is CCCCCCCC(O)/C=C/I. The standard InChI is InChI=1S/C10H19IO/c1-2-3-4-5-6-7-10(12)8-9-11/h8-10,12H,2-7H2,1H3/b9-8+. The molecule has 1 unspecified atom stereocenters. The lowest BCUT2D eigenvalue weighted by atomic mass is 10.1. The van der Waals surface area contributed by atoms with Crippen molar-refractivity contribution in [3.8, 4) is 0 Å². The first-order valence-corrected chi connectivity index (χ1v) is 6.00. The summed E-state index contributed by atoms with van der Waals surface area (Å²) in [6.07, 6.45) is 8.90. The van der Waals surface area contributed by atoms with Crippen molar-refractivity contribution in [2.24, 2.45) is 0 Å². The van der Waals surface area contributed by atoms with Crippen molar-refractivity contribution in [3.05, 3.63) is 10.2 Å². The third-order valence-electron chi connectivity index (χ3n) is 1.90. The van der Waals surface area contributed by atoms with Crippen LogP contribution < -0.4 is 0 Å². The quantitative estimate of drug-likeness (QED) is 0.558. The Labute approximate surface area is 89.4 Å². The molecular formula is C10H19IO. The summed E-state index contributed by atoms with van der Waals surface area (Å²) in [5.74, 6) is 0. The zero-order valence-electron chi connectivity index (χ0n) is 7.80. The van der Waals surface area contributed by atoms with E-state index >= 15 is 0 Å². The predicted molar refractivity (Wildman–Crippen MR) is 62.5 cm³/mol. The van der Waals surface area contributed by atoms with Crippen molar-refractivity contribution >= 4 is 22.6 Å². The van der Waals surface area contributed by atoms with E-state index < -0.39 is 0 Å². The molecule has 72 valence electrons. The molecule has 12 heavy (non-hydrogen) atoms. The van der Waals surface area contributed by atoms with Crippen LogP contribution in [0, 0.1) is 0 Å². The fourth-order valence-electron chi connectivity index (χ4n) is 1.14. The summed E-state index contributed by atoms with van der Waals surface area (Å²) in [6, 6.07) is 0. The van der Waals surface area contributed by atoms with Crippen LogP contribution in [0.25, 0.3) is 0 Å². The van der Waals surface area contributed by atoms with E-state index in [1.807, 2.05) is 10.2 Å². The molecule has 1 nitrogen and oxygen atoms in total. The second-order valence-electron chi connectivity index (χ2n) is 3.09. The third kappa shape index (κ3) is 8.53. The van der Waals surface area contributed by atoms with Gasteiger partial charge in [0.2, 0.25) is 0 Å². The summed E-state index contributed by atoms with van der Waals surface area (Å²) in [4.78, 5) is 0. The fraction of sp³-hybridized carbons (Fsp3) is 0.800. The van der Waals surface area contributed by atoms with Crippen LogP contribution in [-0.4, -0.2) is 11.2 Å². The van der Waals surface area contributed by atoms with E-state index in [9.17, 15) is 5.11 Å². The van der Waals surface area contributed by atoms with E-state index in [0.717, 1.165) is 12.8 Å². The maximum Gasteiger partial charge on any atom is 0.0728 e. The van der Waals surface area contributed by atoms with Crippen molar-refractivity contribution in [2.75, 3.05) is 0 Å². The highest BCUT2D eigenvalue weighted by molar-refractivity contribution is 14.1.